The molecule has 3 nitrogen and oxygen atoms in total. The minimum Gasteiger partial charge on any atom is -0.345 e. The van der Waals surface area contributed by atoms with E-state index in [0.29, 0.717) is 11.1 Å². The molecule has 1 N–H and O–H groups in total. The third-order valence-electron chi connectivity index (χ3n) is 2.66. The van der Waals surface area contributed by atoms with Crippen LogP contribution in [0.4, 0.5) is 4.39 Å². The first kappa shape index (κ1) is 12.2. The Balaban J connectivity index is 2.11. The first-order valence-corrected chi connectivity index (χ1v) is 5.64. The first-order chi connectivity index (χ1) is 8.68. The molecule has 0 aliphatic rings. The fraction of sp³-hybridized carbons (Fsp3) is 0.143. The Kier molecular flexibility index (Phi) is 3.67. The van der Waals surface area contributed by atoms with E-state index in [1.807, 2.05) is 0 Å². The molecule has 0 spiro atoms. The van der Waals surface area contributed by atoms with E-state index in [1.54, 1.807) is 49.6 Å². The van der Waals surface area contributed by atoms with E-state index in [0.717, 1.165) is 0 Å². The van der Waals surface area contributed by atoms with Crippen molar-refractivity contribution in [3.8, 4) is 0 Å². The van der Waals surface area contributed by atoms with E-state index in [1.165, 1.54) is 6.07 Å². The summed E-state index contributed by atoms with van der Waals surface area (Å²) in [6, 6.07) is 9.25. The van der Waals surface area contributed by atoms with Gasteiger partial charge in [0.1, 0.15) is 5.82 Å². The van der Waals surface area contributed by atoms with E-state index >= 15 is 0 Å². The predicted molar refractivity (Wildman–Crippen MR) is 66.5 cm³/mol. The number of nitrogens with one attached hydrogen (secondary N) is 1. The Morgan fingerprint density at radius 3 is 2.56 bits per heavy atom. The van der Waals surface area contributed by atoms with Crippen LogP contribution in [0.25, 0.3) is 0 Å². The van der Waals surface area contributed by atoms with E-state index in [-0.39, 0.29) is 17.8 Å². The molecule has 1 heterocycles. The van der Waals surface area contributed by atoms with Crippen LogP contribution in [0.5, 0.6) is 0 Å². The van der Waals surface area contributed by atoms with Gasteiger partial charge in [0.15, 0.2) is 0 Å². The lowest BCUT2D eigenvalue weighted by Crippen LogP contribution is -2.27. The minimum absolute atomic E-state index is 0.242. The number of benzene rings is 1. The summed E-state index contributed by atoms with van der Waals surface area (Å²) in [5.74, 6) is -0.562. The zero-order valence-corrected chi connectivity index (χ0v) is 9.93. The summed E-state index contributed by atoms with van der Waals surface area (Å²) in [7, 11) is 0. The van der Waals surface area contributed by atoms with Crippen LogP contribution in [0.2, 0.25) is 0 Å². The van der Waals surface area contributed by atoms with Gasteiger partial charge in [-0.15, -0.1) is 0 Å². The molecular formula is C14H13FN2O. The molecule has 0 fully saturated rings. The lowest BCUT2D eigenvalue weighted by Gasteiger charge is -2.14. The van der Waals surface area contributed by atoms with Gasteiger partial charge in [-0.25, -0.2) is 4.39 Å². The largest absolute Gasteiger partial charge is 0.345 e. The average molecular weight is 244 g/mol. The van der Waals surface area contributed by atoms with Crippen molar-refractivity contribution in [1.82, 2.24) is 10.3 Å². The Labute approximate surface area is 105 Å². The molecule has 1 aromatic carbocycles. The molecule has 0 saturated heterocycles. The minimum atomic E-state index is -0.383. The van der Waals surface area contributed by atoms with Gasteiger partial charge in [-0.05, 0) is 25.1 Å². The SMILES string of the molecule is CC(NC(=O)c1ccncc1)c1ccccc1F. The summed E-state index contributed by atoms with van der Waals surface area (Å²) < 4.78 is 13.5. The number of rotatable bonds is 3. The highest BCUT2D eigenvalue weighted by molar-refractivity contribution is 5.94. The van der Waals surface area contributed by atoms with Crippen molar-refractivity contribution in [3.05, 3.63) is 65.7 Å². The van der Waals surface area contributed by atoms with Crippen LogP contribution in [-0.2, 0) is 0 Å². The Morgan fingerprint density at radius 1 is 1.22 bits per heavy atom. The molecule has 0 radical (unpaired) electrons. The van der Waals surface area contributed by atoms with Crippen LogP contribution < -0.4 is 5.32 Å². The average Bonchev–Trinajstić information content (AvgIpc) is 2.40. The second-order valence-corrected chi connectivity index (χ2v) is 3.95. The molecule has 0 bridgehead atoms. The summed E-state index contributed by atoms with van der Waals surface area (Å²) in [5.41, 5.74) is 0.980. The van der Waals surface area contributed by atoms with Crippen LogP contribution in [0, 0.1) is 5.82 Å². The van der Waals surface area contributed by atoms with Crippen LogP contribution >= 0.6 is 0 Å². The van der Waals surface area contributed by atoms with E-state index in [2.05, 4.69) is 10.3 Å². The zero-order valence-electron chi connectivity index (χ0n) is 9.93. The normalized spacial score (nSPS) is 11.9. The monoisotopic (exact) mass is 244 g/mol. The zero-order chi connectivity index (χ0) is 13.0. The molecule has 18 heavy (non-hydrogen) atoms. The van der Waals surface area contributed by atoms with Crippen LogP contribution in [0.3, 0.4) is 0 Å². The lowest BCUT2D eigenvalue weighted by atomic mass is 10.1. The lowest BCUT2D eigenvalue weighted by molar-refractivity contribution is 0.0939. The quantitative estimate of drug-likeness (QED) is 0.902. The maximum atomic E-state index is 13.5. The summed E-state index contributed by atoms with van der Waals surface area (Å²) in [6.07, 6.45) is 3.09. The van der Waals surface area contributed by atoms with Crippen molar-refractivity contribution in [2.75, 3.05) is 0 Å². The Hall–Kier alpha value is -2.23. The van der Waals surface area contributed by atoms with Crippen LogP contribution in [0.15, 0.2) is 48.8 Å². The van der Waals surface area contributed by atoms with Gasteiger partial charge in [0.25, 0.3) is 5.91 Å². The molecule has 2 aromatic rings. The van der Waals surface area contributed by atoms with E-state index in [4.69, 9.17) is 0 Å². The van der Waals surface area contributed by atoms with E-state index in [9.17, 15) is 9.18 Å². The molecule has 4 heteroatoms. The molecule has 0 aliphatic heterocycles. The number of pyridine rings is 1. The van der Waals surface area contributed by atoms with Crippen LogP contribution in [-0.4, -0.2) is 10.9 Å². The van der Waals surface area contributed by atoms with Gasteiger partial charge in [0, 0.05) is 23.5 Å². The highest BCUT2D eigenvalue weighted by Gasteiger charge is 2.13. The molecule has 1 unspecified atom stereocenters. The fourth-order valence-electron chi connectivity index (χ4n) is 1.69. The molecular weight excluding hydrogens is 231 g/mol. The molecule has 0 saturated carbocycles. The molecule has 92 valence electrons. The van der Waals surface area contributed by atoms with Gasteiger partial charge in [-0.2, -0.15) is 0 Å². The number of amides is 1. The van der Waals surface area contributed by atoms with Gasteiger partial charge in [0.2, 0.25) is 0 Å². The molecule has 0 aliphatic carbocycles. The second kappa shape index (κ2) is 5.40. The smallest absolute Gasteiger partial charge is 0.251 e. The van der Waals surface area contributed by atoms with Crippen molar-refractivity contribution in [2.24, 2.45) is 0 Å². The number of carbonyl (C=O) groups is 1. The molecule has 1 atom stereocenters. The maximum Gasteiger partial charge on any atom is 0.251 e. The maximum absolute atomic E-state index is 13.5. The summed E-state index contributed by atoms with van der Waals surface area (Å²) in [5, 5.41) is 2.75. The number of aromatic nitrogens is 1. The van der Waals surface area contributed by atoms with Gasteiger partial charge >= 0.3 is 0 Å². The highest BCUT2D eigenvalue weighted by atomic mass is 19.1. The fourth-order valence-corrected chi connectivity index (χ4v) is 1.69. The summed E-state index contributed by atoms with van der Waals surface area (Å²) in [4.78, 5) is 15.7. The number of hydrogen-bond acceptors (Lipinski definition) is 2. The standard InChI is InChI=1S/C14H13FN2O/c1-10(12-4-2-3-5-13(12)15)17-14(18)11-6-8-16-9-7-11/h2-10H,1H3,(H,17,18). The number of carbonyl (C=O) groups excluding carboxylic acids is 1. The predicted octanol–water partition coefficient (Wildman–Crippen LogP) is 2.71. The molecule has 2 rings (SSSR count). The highest BCUT2D eigenvalue weighted by Crippen LogP contribution is 2.16. The number of nitrogens with zero attached hydrogens (tertiary/aromatic N) is 1. The van der Waals surface area contributed by atoms with Gasteiger partial charge in [0.05, 0.1) is 6.04 Å². The van der Waals surface area contributed by atoms with Gasteiger partial charge in [-0.1, -0.05) is 18.2 Å². The van der Waals surface area contributed by atoms with Crippen molar-refractivity contribution in [1.29, 1.82) is 0 Å². The molecule has 1 amide bonds. The Bertz CT molecular complexity index is 543. The van der Waals surface area contributed by atoms with Gasteiger partial charge in [-0.3, -0.25) is 9.78 Å². The number of halogens is 1. The van der Waals surface area contributed by atoms with Crippen LogP contribution in [0.1, 0.15) is 28.9 Å². The third-order valence-corrected chi connectivity index (χ3v) is 2.66. The van der Waals surface area contributed by atoms with Crippen molar-refractivity contribution >= 4 is 5.91 Å². The Morgan fingerprint density at radius 2 is 1.89 bits per heavy atom. The second-order valence-electron chi connectivity index (χ2n) is 3.95. The summed E-state index contributed by atoms with van der Waals surface area (Å²) in [6.45, 7) is 1.75. The third kappa shape index (κ3) is 2.71. The van der Waals surface area contributed by atoms with Gasteiger partial charge < -0.3 is 5.32 Å². The molecule has 1 aromatic heterocycles. The number of hydrogen-bond donors (Lipinski definition) is 1. The van der Waals surface area contributed by atoms with Crippen molar-refractivity contribution < 1.29 is 9.18 Å². The van der Waals surface area contributed by atoms with Crippen molar-refractivity contribution in [3.63, 3.8) is 0 Å². The van der Waals surface area contributed by atoms with Crippen molar-refractivity contribution in [2.45, 2.75) is 13.0 Å². The summed E-state index contributed by atoms with van der Waals surface area (Å²) >= 11 is 0. The topological polar surface area (TPSA) is 42.0 Å². The first-order valence-electron chi connectivity index (χ1n) is 5.64. The van der Waals surface area contributed by atoms with E-state index < -0.39 is 0 Å².